The van der Waals surface area contributed by atoms with Crippen LogP contribution >= 0.6 is 0 Å². The number of amides is 1. The second-order valence-electron chi connectivity index (χ2n) is 6.21. The SMILES string of the molecule is CCOc1cc(C(=O)O[C@@H](C)C(=O)N2CCc3ccccc32)ccc1OC. The van der Waals surface area contributed by atoms with Gasteiger partial charge in [-0.15, -0.1) is 0 Å². The Bertz CT molecular complexity index is 848. The third-order valence-electron chi connectivity index (χ3n) is 4.48. The normalized spacial score (nSPS) is 13.7. The molecule has 1 aliphatic heterocycles. The van der Waals surface area contributed by atoms with Crippen LogP contribution in [0.5, 0.6) is 11.5 Å². The summed E-state index contributed by atoms with van der Waals surface area (Å²) in [7, 11) is 1.53. The summed E-state index contributed by atoms with van der Waals surface area (Å²) in [4.78, 5) is 26.9. The zero-order valence-electron chi connectivity index (χ0n) is 15.7. The highest BCUT2D eigenvalue weighted by molar-refractivity contribution is 6.00. The minimum Gasteiger partial charge on any atom is -0.493 e. The molecule has 6 heteroatoms. The maximum Gasteiger partial charge on any atom is 0.339 e. The fourth-order valence-corrected chi connectivity index (χ4v) is 3.14. The molecule has 0 aliphatic carbocycles. The van der Waals surface area contributed by atoms with Crippen LogP contribution in [-0.2, 0) is 16.0 Å². The number of anilines is 1. The van der Waals surface area contributed by atoms with Crippen molar-refractivity contribution >= 4 is 17.6 Å². The number of carbonyl (C=O) groups excluding carboxylic acids is 2. The third-order valence-corrected chi connectivity index (χ3v) is 4.48. The number of rotatable bonds is 6. The van der Waals surface area contributed by atoms with Crippen LogP contribution in [0, 0.1) is 0 Å². The van der Waals surface area contributed by atoms with Crippen LogP contribution in [0.2, 0.25) is 0 Å². The molecule has 0 bridgehead atoms. The molecule has 2 aromatic rings. The Kier molecular flexibility index (Phi) is 5.64. The van der Waals surface area contributed by atoms with Gasteiger partial charge in [0.05, 0.1) is 19.3 Å². The molecular weight excluding hydrogens is 346 g/mol. The van der Waals surface area contributed by atoms with E-state index in [9.17, 15) is 9.59 Å². The van der Waals surface area contributed by atoms with E-state index in [2.05, 4.69) is 0 Å². The first-order chi connectivity index (χ1) is 13.0. The van der Waals surface area contributed by atoms with Gasteiger partial charge in [-0.25, -0.2) is 4.79 Å². The molecule has 0 N–H and O–H groups in total. The zero-order chi connectivity index (χ0) is 19.4. The Balaban J connectivity index is 1.71. The van der Waals surface area contributed by atoms with Crippen molar-refractivity contribution in [1.29, 1.82) is 0 Å². The lowest BCUT2D eigenvalue weighted by Crippen LogP contribution is -2.39. The lowest BCUT2D eigenvalue weighted by Gasteiger charge is -2.22. The first kappa shape index (κ1) is 18.8. The molecule has 0 radical (unpaired) electrons. The number of nitrogens with zero attached hydrogens (tertiary/aromatic N) is 1. The first-order valence-electron chi connectivity index (χ1n) is 8.96. The minimum atomic E-state index is -0.888. The molecule has 2 aromatic carbocycles. The molecule has 0 unspecified atom stereocenters. The monoisotopic (exact) mass is 369 g/mol. The van der Waals surface area contributed by atoms with Crippen molar-refractivity contribution in [2.24, 2.45) is 0 Å². The summed E-state index contributed by atoms with van der Waals surface area (Å²) in [5.41, 5.74) is 2.31. The summed E-state index contributed by atoms with van der Waals surface area (Å²) in [6, 6.07) is 12.6. The summed E-state index contributed by atoms with van der Waals surface area (Å²) in [5.74, 6) is 0.187. The standard InChI is InChI=1S/C21H23NO5/c1-4-26-19-13-16(9-10-18(19)25-3)21(24)27-14(2)20(23)22-12-11-15-7-5-6-8-17(15)22/h5-10,13-14H,4,11-12H2,1-3H3/t14-/m0/s1. The van der Waals surface area contributed by atoms with Crippen molar-refractivity contribution in [3.63, 3.8) is 0 Å². The van der Waals surface area contributed by atoms with E-state index in [0.717, 1.165) is 17.7 Å². The molecule has 0 fully saturated rings. The number of ether oxygens (including phenoxy) is 3. The predicted octanol–water partition coefficient (Wildman–Crippen LogP) is 3.23. The van der Waals surface area contributed by atoms with Crippen molar-refractivity contribution < 1.29 is 23.8 Å². The molecule has 0 saturated heterocycles. The molecule has 3 rings (SSSR count). The molecule has 27 heavy (non-hydrogen) atoms. The van der Waals surface area contributed by atoms with Crippen molar-refractivity contribution in [2.45, 2.75) is 26.4 Å². The van der Waals surface area contributed by atoms with E-state index in [1.54, 1.807) is 30.0 Å². The van der Waals surface area contributed by atoms with Crippen molar-refractivity contribution in [1.82, 2.24) is 0 Å². The second-order valence-corrected chi connectivity index (χ2v) is 6.21. The molecule has 0 saturated carbocycles. The Labute approximate surface area is 158 Å². The fraction of sp³-hybridized carbons (Fsp3) is 0.333. The average Bonchev–Trinajstić information content (AvgIpc) is 3.11. The molecule has 0 spiro atoms. The zero-order valence-corrected chi connectivity index (χ0v) is 15.7. The van der Waals surface area contributed by atoms with Crippen LogP contribution in [0.1, 0.15) is 29.8 Å². The van der Waals surface area contributed by atoms with E-state index < -0.39 is 12.1 Å². The van der Waals surface area contributed by atoms with Gasteiger partial charge >= 0.3 is 5.97 Å². The van der Waals surface area contributed by atoms with Crippen molar-refractivity contribution in [3.05, 3.63) is 53.6 Å². The maximum atomic E-state index is 12.7. The summed E-state index contributed by atoms with van der Waals surface area (Å²) < 4.78 is 16.1. The number of carbonyl (C=O) groups is 2. The highest BCUT2D eigenvalue weighted by atomic mass is 16.5. The Morgan fingerprint density at radius 1 is 1.15 bits per heavy atom. The molecule has 6 nitrogen and oxygen atoms in total. The van der Waals surface area contributed by atoms with Gasteiger partial charge in [0, 0.05) is 12.2 Å². The van der Waals surface area contributed by atoms with E-state index in [1.807, 2.05) is 31.2 Å². The lowest BCUT2D eigenvalue weighted by molar-refractivity contribution is -0.126. The fourth-order valence-electron chi connectivity index (χ4n) is 3.14. The van der Waals surface area contributed by atoms with Gasteiger partial charge in [-0.1, -0.05) is 18.2 Å². The van der Waals surface area contributed by atoms with Gasteiger partial charge in [0.1, 0.15) is 0 Å². The molecule has 1 amide bonds. The lowest BCUT2D eigenvalue weighted by atomic mass is 10.2. The number of para-hydroxylation sites is 1. The number of esters is 1. The number of methoxy groups -OCH3 is 1. The van der Waals surface area contributed by atoms with Crippen LogP contribution in [0.15, 0.2) is 42.5 Å². The number of fused-ring (bicyclic) bond motifs is 1. The van der Waals surface area contributed by atoms with Crippen LogP contribution in [-0.4, -0.2) is 38.2 Å². The van der Waals surface area contributed by atoms with Gasteiger partial charge in [0.2, 0.25) is 0 Å². The van der Waals surface area contributed by atoms with Gasteiger partial charge in [-0.05, 0) is 50.1 Å². The largest absolute Gasteiger partial charge is 0.493 e. The van der Waals surface area contributed by atoms with E-state index >= 15 is 0 Å². The van der Waals surface area contributed by atoms with Crippen LogP contribution in [0.3, 0.4) is 0 Å². The Morgan fingerprint density at radius 3 is 2.67 bits per heavy atom. The molecule has 0 aromatic heterocycles. The summed E-state index contributed by atoms with van der Waals surface area (Å²) in [5, 5.41) is 0. The average molecular weight is 369 g/mol. The van der Waals surface area contributed by atoms with E-state index in [0.29, 0.717) is 30.2 Å². The smallest absolute Gasteiger partial charge is 0.339 e. The van der Waals surface area contributed by atoms with Crippen molar-refractivity contribution in [3.8, 4) is 11.5 Å². The van der Waals surface area contributed by atoms with Crippen LogP contribution < -0.4 is 14.4 Å². The number of hydrogen-bond acceptors (Lipinski definition) is 5. The van der Waals surface area contributed by atoms with Gasteiger partial charge < -0.3 is 19.1 Å². The molecule has 142 valence electrons. The topological polar surface area (TPSA) is 65.1 Å². The predicted molar refractivity (Wildman–Crippen MR) is 102 cm³/mol. The quantitative estimate of drug-likeness (QED) is 0.732. The van der Waals surface area contributed by atoms with E-state index in [1.165, 1.54) is 7.11 Å². The Morgan fingerprint density at radius 2 is 1.93 bits per heavy atom. The number of benzene rings is 2. The van der Waals surface area contributed by atoms with E-state index in [4.69, 9.17) is 14.2 Å². The van der Waals surface area contributed by atoms with Crippen LogP contribution in [0.25, 0.3) is 0 Å². The van der Waals surface area contributed by atoms with Gasteiger partial charge in [-0.3, -0.25) is 4.79 Å². The molecular formula is C21H23NO5. The number of hydrogen-bond donors (Lipinski definition) is 0. The van der Waals surface area contributed by atoms with E-state index in [-0.39, 0.29) is 5.91 Å². The second kappa shape index (κ2) is 8.12. The summed E-state index contributed by atoms with van der Waals surface area (Å²) in [6.07, 6.45) is -0.0833. The summed E-state index contributed by atoms with van der Waals surface area (Å²) >= 11 is 0. The molecule has 1 atom stereocenters. The van der Waals surface area contributed by atoms with Crippen molar-refractivity contribution in [2.75, 3.05) is 25.2 Å². The first-order valence-corrected chi connectivity index (χ1v) is 8.96. The van der Waals surface area contributed by atoms with Gasteiger partial charge in [0.25, 0.3) is 5.91 Å². The molecule has 1 heterocycles. The van der Waals surface area contributed by atoms with Crippen LogP contribution in [0.4, 0.5) is 5.69 Å². The minimum absolute atomic E-state index is 0.230. The van der Waals surface area contributed by atoms with Gasteiger partial charge in [-0.2, -0.15) is 0 Å². The highest BCUT2D eigenvalue weighted by Gasteiger charge is 2.30. The Hall–Kier alpha value is -3.02. The summed E-state index contributed by atoms with van der Waals surface area (Å²) in [6.45, 7) is 4.47. The molecule has 1 aliphatic rings. The highest BCUT2D eigenvalue weighted by Crippen LogP contribution is 2.30. The third kappa shape index (κ3) is 3.89. The van der Waals surface area contributed by atoms with Gasteiger partial charge in [0.15, 0.2) is 17.6 Å². The maximum absolute atomic E-state index is 12.7.